The molecule has 1 saturated heterocycles. The molecular weight excluding hydrogens is 252 g/mol. The van der Waals surface area contributed by atoms with Gasteiger partial charge in [0.05, 0.1) is 12.4 Å². The van der Waals surface area contributed by atoms with Gasteiger partial charge in [-0.2, -0.15) is 0 Å². The van der Waals surface area contributed by atoms with Crippen molar-refractivity contribution in [1.29, 1.82) is 0 Å². The van der Waals surface area contributed by atoms with Gasteiger partial charge in [-0.05, 0) is 31.9 Å². The van der Waals surface area contributed by atoms with Crippen LogP contribution in [0.1, 0.15) is 41.3 Å². The van der Waals surface area contributed by atoms with Gasteiger partial charge in [-0.1, -0.05) is 0 Å². The maximum atomic E-state index is 11.3. The molecule has 0 saturated carbocycles. The zero-order chi connectivity index (χ0) is 13.0. The van der Waals surface area contributed by atoms with Crippen LogP contribution in [-0.2, 0) is 9.47 Å². The van der Waals surface area contributed by atoms with Crippen LogP contribution in [0.4, 0.5) is 0 Å². The quantitative estimate of drug-likeness (QED) is 0.787. The summed E-state index contributed by atoms with van der Waals surface area (Å²) < 4.78 is 15.5. The largest absolute Gasteiger partial charge is 0.463 e. The molecule has 1 aliphatic heterocycles. The fraction of sp³-hybridized carbons (Fsp3) is 0.615. The minimum Gasteiger partial charge on any atom is -0.463 e. The number of esters is 1. The summed E-state index contributed by atoms with van der Waals surface area (Å²) in [5.74, 6) is 0.670. The summed E-state index contributed by atoms with van der Waals surface area (Å²) in [5, 5.41) is 0.854. The summed E-state index contributed by atoms with van der Waals surface area (Å²) in [6.45, 7) is 3.78. The van der Waals surface area contributed by atoms with Crippen molar-refractivity contribution in [3.63, 3.8) is 0 Å². The average Bonchev–Trinajstić information content (AvgIpc) is 2.88. The lowest BCUT2D eigenvalue weighted by Crippen LogP contribution is -2.18. The molecule has 1 aliphatic rings. The van der Waals surface area contributed by atoms with E-state index >= 15 is 0 Å². The van der Waals surface area contributed by atoms with Gasteiger partial charge in [0.1, 0.15) is 5.76 Å². The summed E-state index contributed by atoms with van der Waals surface area (Å²) >= 11 is 1.88. The molecule has 1 aromatic heterocycles. The van der Waals surface area contributed by atoms with Crippen molar-refractivity contribution in [1.82, 2.24) is 0 Å². The SMILES string of the molecule is COC(=O)c1ccc(C(C)SC2CCOCC2)o1. The molecule has 0 spiro atoms. The minimum absolute atomic E-state index is 0.242. The molecule has 18 heavy (non-hydrogen) atoms. The van der Waals surface area contributed by atoms with Crippen molar-refractivity contribution < 1.29 is 18.7 Å². The molecule has 0 amide bonds. The third-order valence-electron chi connectivity index (χ3n) is 2.98. The first-order chi connectivity index (χ1) is 8.70. The Labute approximate surface area is 111 Å². The van der Waals surface area contributed by atoms with Crippen molar-refractivity contribution in [2.45, 2.75) is 30.3 Å². The van der Waals surface area contributed by atoms with E-state index in [1.165, 1.54) is 7.11 Å². The molecule has 0 bridgehead atoms. The van der Waals surface area contributed by atoms with E-state index in [2.05, 4.69) is 11.7 Å². The van der Waals surface area contributed by atoms with Crippen molar-refractivity contribution in [2.75, 3.05) is 20.3 Å². The van der Waals surface area contributed by atoms with E-state index in [0.29, 0.717) is 5.25 Å². The van der Waals surface area contributed by atoms with Crippen LogP contribution in [0.5, 0.6) is 0 Å². The second-order valence-electron chi connectivity index (χ2n) is 4.28. The normalized spacial score (nSPS) is 18.6. The van der Waals surface area contributed by atoms with Crippen LogP contribution in [0.15, 0.2) is 16.5 Å². The van der Waals surface area contributed by atoms with Crippen molar-refractivity contribution in [2.24, 2.45) is 0 Å². The van der Waals surface area contributed by atoms with E-state index < -0.39 is 5.97 Å². The summed E-state index contributed by atoms with van der Waals surface area (Å²) in [4.78, 5) is 11.3. The number of hydrogen-bond acceptors (Lipinski definition) is 5. The Morgan fingerprint density at radius 1 is 1.44 bits per heavy atom. The standard InChI is InChI=1S/C13H18O4S/c1-9(18-10-5-7-16-8-6-10)11-3-4-12(17-11)13(14)15-2/h3-4,9-10H,5-8H2,1-2H3. The monoisotopic (exact) mass is 270 g/mol. The molecule has 100 valence electrons. The number of rotatable bonds is 4. The summed E-state index contributed by atoms with van der Waals surface area (Å²) in [6, 6.07) is 3.52. The number of carbonyl (C=O) groups is 1. The zero-order valence-corrected chi connectivity index (χ0v) is 11.5. The second kappa shape index (κ2) is 6.29. The van der Waals surface area contributed by atoms with Crippen molar-refractivity contribution in [3.05, 3.63) is 23.7 Å². The lowest BCUT2D eigenvalue weighted by atomic mass is 10.2. The van der Waals surface area contributed by atoms with Gasteiger partial charge in [0.25, 0.3) is 0 Å². The molecule has 4 nitrogen and oxygen atoms in total. The molecule has 1 fully saturated rings. The highest BCUT2D eigenvalue weighted by Gasteiger charge is 2.21. The predicted octanol–water partition coefficient (Wildman–Crippen LogP) is 3.04. The smallest absolute Gasteiger partial charge is 0.373 e. The highest BCUT2D eigenvalue weighted by molar-refractivity contribution is 8.00. The molecule has 0 N–H and O–H groups in total. The predicted molar refractivity (Wildman–Crippen MR) is 69.9 cm³/mol. The Balaban J connectivity index is 1.93. The molecule has 2 rings (SSSR count). The zero-order valence-electron chi connectivity index (χ0n) is 10.7. The van der Waals surface area contributed by atoms with Crippen LogP contribution >= 0.6 is 11.8 Å². The second-order valence-corrected chi connectivity index (χ2v) is 5.93. The average molecular weight is 270 g/mol. The van der Waals surface area contributed by atoms with E-state index in [-0.39, 0.29) is 11.0 Å². The summed E-state index contributed by atoms with van der Waals surface area (Å²) in [6.07, 6.45) is 2.17. The number of carbonyl (C=O) groups excluding carboxylic acids is 1. The van der Waals surface area contributed by atoms with E-state index in [1.807, 2.05) is 17.8 Å². The van der Waals surface area contributed by atoms with Gasteiger partial charge < -0.3 is 13.9 Å². The van der Waals surface area contributed by atoms with Gasteiger partial charge in [-0.15, -0.1) is 11.8 Å². The van der Waals surface area contributed by atoms with Crippen molar-refractivity contribution in [3.8, 4) is 0 Å². The summed E-state index contributed by atoms with van der Waals surface area (Å²) in [5.41, 5.74) is 0. The van der Waals surface area contributed by atoms with Gasteiger partial charge in [0.15, 0.2) is 0 Å². The lowest BCUT2D eigenvalue weighted by molar-refractivity contribution is 0.0563. The van der Waals surface area contributed by atoms with Gasteiger partial charge in [0, 0.05) is 18.5 Å². The number of ether oxygens (including phenoxy) is 2. The minimum atomic E-state index is -0.426. The fourth-order valence-electron chi connectivity index (χ4n) is 1.95. The fourth-order valence-corrected chi connectivity index (χ4v) is 3.25. The Hall–Kier alpha value is -0.940. The van der Waals surface area contributed by atoms with Gasteiger partial charge >= 0.3 is 5.97 Å². The van der Waals surface area contributed by atoms with E-state index in [0.717, 1.165) is 31.8 Å². The van der Waals surface area contributed by atoms with Crippen LogP contribution in [0.2, 0.25) is 0 Å². The first-order valence-corrected chi connectivity index (χ1v) is 7.06. The van der Waals surface area contributed by atoms with E-state index in [9.17, 15) is 4.79 Å². The highest BCUT2D eigenvalue weighted by Crippen LogP contribution is 2.36. The molecule has 0 radical (unpaired) electrons. The van der Waals surface area contributed by atoms with Crippen LogP contribution in [-0.4, -0.2) is 31.5 Å². The lowest BCUT2D eigenvalue weighted by Gasteiger charge is -2.23. The third-order valence-corrected chi connectivity index (χ3v) is 4.48. The molecule has 1 aromatic rings. The van der Waals surface area contributed by atoms with E-state index in [4.69, 9.17) is 9.15 Å². The van der Waals surface area contributed by atoms with Crippen LogP contribution < -0.4 is 0 Å². The van der Waals surface area contributed by atoms with E-state index in [1.54, 1.807) is 6.07 Å². The molecular formula is C13H18O4S. The topological polar surface area (TPSA) is 48.7 Å². The van der Waals surface area contributed by atoms with Gasteiger partial charge in [-0.25, -0.2) is 4.79 Å². The molecule has 1 unspecified atom stereocenters. The molecule has 0 aliphatic carbocycles. The third kappa shape index (κ3) is 3.29. The Bertz CT molecular complexity index is 395. The number of thioether (sulfide) groups is 1. The first kappa shape index (κ1) is 13.5. The first-order valence-electron chi connectivity index (χ1n) is 6.12. The van der Waals surface area contributed by atoms with Crippen LogP contribution in [0.3, 0.4) is 0 Å². The van der Waals surface area contributed by atoms with Gasteiger partial charge in [-0.3, -0.25) is 0 Å². The number of hydrogen-bond donors (Lipinski definition) is 0. The van der Waals surface area contributed by atoms with Gasteiger partial charge in [0.2, 0.25) is 5.76 Å². The maximum absolute atomic E-state index is 11.3. The molecule has 0 aromatic carbocycles. The molecule has 5 heteroatoms. The van der Waals surface area contributed by atoms with Crippen molar-refractivity contribution >= 4 is 17.7 Å². The Morgan fingerprint density at radius 3 is 2.83 bits per heavy atom. The molecule has 2 heterocycles. The maximum Gasteiger partial charge on any atom is 0.373 e. The highest BCUT2D eigenvalue weighted by atomic mass is 32.2. The Morgan fingerprint density at radius 2 is 2.17 bits per heavy atom. The molecule has 1 atom stereocenters. The van der Waals surface area contributed by atoms with Crippen LogP contribution in [0.25, 0.3) is 0 Å². The number of furan rings is 1. The van der Waals surface area contributed by atoms with Crippen LogP contribution in [0, 0.1) is 0 Å². The summed E-state index contributed by atoms with van der Waals surface area (Å²) in [7, 11) is 1.35. The number of methoxy groups -OCH3 is 1. The Kier molecular flexibility index (Phi) is 4.72.